The molecule has 2 heteroatoms. The highest BCUT2D eigenvalue weighted by Crippen LogP contribution is 2.35. The average molecular weight is 229 g/mol. The van der Waals surface area contributed by atoms with Crippen LogP contribution in [0, 0.1) is 0 Å². The molecule has 0 radical (unpaired) electrons. The summed E-state index contributed by atoms with van der Waals surface area (Å²) in [4.78, 5) is 0.382. The molecule has 2 unspecified atom stereocenters. The highest BCUT2D eigenvalue weighted by molar-refractivity contribution is 8.00. The summed E-state index contributed by atoms with van der Waals surface area (Å²) in [5.74, 6) is 1.31. The van der Waals surface area contributed by atoms with Gasteiger partial charge < -0.3 is 0 Å². The molecule has 1 N–H and O–H groups in total. The molecule has 1 rings (SSSR count). The lowest BCUT2D eigenvalue weighted by Crippen LogP contribution is -2.38. The van der Waals surface area contributed by atoms with Crippen molar-refractivity contribution in [3.05, 3.63) is 0 Å². The molecule has 0 aromatic rings. The van der Waals surface area contributed by atoms with Gasteiger partial charge in [-0.3, -0.25) is 5.32 Å². The van der Waals surface area contributed by atoms with E-state index in [-0.39, 0.29) is 0 Å². The predicted molar refractivity (Wildman–Crippen MR) is 71.5 cm³/mol. The van der Waals surface area contributed by atoms with Crippen molar-refractivity contribution in [3.63, 3.8) is 0 Å². The average Bonchev–Trinajstić information content (AvgIpc) is 2.61. The molecule has 2 atom stereocenters. The Morgan fingerprint density at radius 2 is 1.93 bits per heavy atom. The van der Waals surface area contributed by atoms with E-state index in [9.17, 15) is 0 Å². The first kappa shape index (κ1) is 13.4. The molecule has 1 saturated heterocycles. The Morgan fingerprint density at radius 1 is 1.20 bits per heavy atom. The number of hydrogen-bond acceptors (Lipinski definition) is 2. The Balaban J connectivity index is 2.10. The van der Waals surface area contributed by atoms with E-state index < -0.39 is 0 Å². The molecule has 0 bridgehead atoms. The van der Waals surface area contributed by atoms with Gasteiger partial charge in [-0.15, -0.1) is 11.8 Å². The van der Waals surface area contributed by atoms with Crippen molar-refractivity contribution in [2.75, 3.05) is 5.75 Å². The summed E-state index contributed by atoms with van der Waals surface area (Å²) in [5, 5.41) is 3.77. The topological polar surface area (TPSA) is 12.0 Å². The number of rotatable bonds is 7. The molecular weight excluding hydrogens is 202 g/mol. The van der Waals surface area contributed by atoms with E-state index in [2.05, 4.69) is 37.8 Å². The van der Waals surface area contributed by atoms with Crippen molar-refractivity contribution < 1.29 is 0 Å². The zero-order chi connectivity index (χ0) is 11.1. The van der Waals surface area contributed by atoms with E-state index in [0.29, 0.717) is 4.87 Å². The van der Waals surface area contributed by atoms with Crippen LogP contribution in [0.2, 0.25) is 0 Å². The minimum absolute atomic E-state index is 0.382. The van der Waals surface area contributed by atoms with Crippen LogP contribution in [0.4, 0.5) is 0 Å². The van der Waals surface area contributed by atoms with Crippen LogP contribution in [0.3, 0.4) is 0 Å². The van der Waals surface area contributed by atoms with Crippen molar-refractivity contribution in [2.45, 2.75) is 76.6 Å². The zero-order valence-electron chi connectivity index (χ0n) is 10.6. The Bertz CT molecular complexity index is 172. The van der Waals surface area contributed by atoms with Crippen LogP contribution < -0.4 is 5.32 Å². The fourth-order valence-corrected chi connectivity index (χ4v) is 3.66. The molecule has 0 amide bonds. The molecule has 0 saturated carbocycles. The highest BCUT2D eigenvalue weighted by Gasteiger charge is 2.33. The minimum atomic E-state index is 0.382. The van der Waals surface area contributed by atoms with E-state index >= 15 is 0 Å². The van der Waals surface area contributed by atoms with E-state index in [1.54, 1.807) is 0 Å². The monoisotopic (exact) mass is 229 g/mol. The first-order chi connectivity index (χ1) is 7.20. The van der Waals surface area contributed by atoms with Gasteiger partial charge in [0.25, 0.3) is 0 Å². The van der Waals surface area contributed by atoms with Gasteiger partial charge >= 0.3 is 0 Å². The van der Waals surface area contributed by atoms with Gasteiger partial charge in [-0.1, -0.05) is 46.0 Å². The summed E-state index contributed by atoms with van der Waals surface area (Å²) in [6.07, 6.45) is 9.62. The van der Waals surface area contributed by atoms with Gasteiger partial charge in [-0.25, -0.2) is 0 Å². The van der Waals surface area contributed by atoms with Crippen LogP contribution in [0.25, 0.3) is 0 Å². The SMILES string of the molecule is CCCCCCCC1(C)NC(CC)CS1. The molecule has 0 aliphatic carbocycles. The van der Waals surface area contributed by atoms with Crippen LogP contribution in [0.15, 0.2) is 0 Å². The maximum Gasteiger partial charge on any atom is 0.0619 e. The molecule has 1 aliphatic rings. The molecule has 1 fully saturated rings. The number of hydrogen-bond donors (Lipinski definition) is 1. The largest absolute Gasteiger partial charge is 0.299 e. The predicted octanol–water partition coefficient (Wildman–Crippen LogP) is 4.18. The third-order valence-corrected chi connectivity index (χ3v) is 4.89. The smallest absolute Gasteiger partial charge is 0.0619 e. The van der Waals surface area contributed by atoms with Gasteiger partial charge in [0.05, 0.1) is 4.87 Å². The molecule has 0 spiro atoms. The maximum atomic E-state index is 3.77. The van der Waals surface area contributed by atoms with Crippen molar-refractivity contribution >= 4 is 11.8 Å². The second-order valence-electron chi connectivity index (χ2n) is 4.96. The summed E-state index contributed by atoms with van der Waals surface area (Å²) < 4.78 is 0. The Labute approximate surface area is 99.8 Å². The van der Waals surface area contributed by atoms with Gasteiger partial charge in [0.15, 0.2) is 0 Å². The van der Waals surface area contributed by atoms with Gasteiger partial charge in [0.2, 0.25) is 0 Å². The third-order valence-electron chi connectivity index (χ3n) is 3.36. The Morgan fingerprint density at radius 3 is 2.53 bits per heavy atom. The number of nitrogens with one attached hydrogen (secondary N) is 1. The van der Waals surface area contributed by atoms with Crippen molar-refractivity contribution in [1.82, 2.24) is 5.32 Å². The van der Waals surface area contributed by atoms with Crippen molar-refractivity contribution in [1.29, 1.82) is 0 Å². The van der Waals surface area contributed by atoms with Gasteiger partial charge in [0, 0.05) is 11.8 Å². The molecule has 90 valence electrons. The zero-order valence-corrected chi connectivity index (χ0v) is 11.5. The quantitative estimate of drug-likeness (QED) is 0.657. The Hall–Kier alpha value is 0.310. The summed E-state index contributed by atoms with van der Waals surface area (Å²) in [6, 6.07) is 0.760. The normalized spacial score (nSPS) is 31.0. The molecule has 1 aliphatic heterocycles. The van der Waals surface area contributed by atoms with Gasteiger partial charge in [-0.05, 0) is 19.8 Å². The van der Waals surface area contributed by atoms with Gasteiger partial charge in [-0.2, -0.15) is 0 Å². The molecule has 0 aromatic carbocycles. The lowest BCUT2D eigenvalue weighted by Gasteiger charge is -2.24. The maximum absolute atomic E-state index is 3.77. The molecule has 0 aromatic heterocycles. The summed E-state index contributed by atoms with van der Waals surface area (Å²) >= 11 is 2.13. The second kappa shape index (κ2) is 6.80. The highest BCUT2D eigenvalue weighted by atomic mass is 32.2. The van der Waals surface area contributed by atoms with E-state index in [4.69, 9.17) is 0 Å². The fraction of sp³-hybridized carbons (Fsp3) is 1.00. The summed E-state index contributed by atoms with van der Waals surface area (Å²) in [5.41, 5.74) is 0. The first-order valence-electron chi connectivity index (χ1n) is 6.62. The van der Waals surface area contributed by atoms with Crippen LogP contribution in [0.5, 0.6) is 0 Å². The van der Waals surface area contributed by atoms with Crippen molar-refractivity contribution in [3.8, 4) is 0 Å². The first-order valence-corrected chi connectivity index (χ1v) is 7.60. The van der Waals surface area contributed by atoms with E-state index in [0.717, 1.165) is 6.04 Å². The molecule has 1 heterocycles. The summed E-state index contributed by atoms with van der Waals surface area (Å²) in [6.45, 7) is 6.94. The fourth-order valence-electron chi connectivity index (χ4n) is 2.23. The van der Waals surface area contributed by atoms with Crippen LogP contribution in [0.1, 0.15) is 65.7 Å². The van der Waals surface area contributed by atoms with E-state index in [1.165, 1.54) is 50.7 Å². The lowest BCUT2D eigenvalue weighted by molar-refractivity contribution is 0.416. The second-order valence-corrected chi connectivity index (χ2v) is 6.48. The standard InChI is InChI=1S/C13H27NS/c1-4-6-7-8-9-10-13(3)14-12(5-2)11-15-13/h12,14H,4-11H2,1-3H3. The van der Waals surface area contributed by atoms with Crippen LogP contribution in [-0.2, 0) is 0 Å². The number of unbranched alkanes of at least 4 members (excludes halogenated alkanes) is 4. The third kappa shape index (κ3) is 4.78. The van der Waals surface area contributed by atoms with Crippen LogP contribution >= 0.6 is 11.8 Å². The van der Waals surface area contributed by atoms with E-state index in [1.807, 2.05) is 0 Å². The van der Waals surface area contributed by atoms with Gasteiger partial charge in [0.1, 0.15) is 0 Å². The molecule has 15 heavy (non-hydrogen) atoms. The molecular formula is C13H27NS. The Kier molecular flexibility index (Phi) is 6.06. The minimum Gasteiger partial charge on any atom is -0.299 e. The lowest BCUT2D eigenvalue weighted by atomic mass is 10.1. The summed E-state index contributed by atoms with van der Waals surface area (Å²) in [7, 11) is 0. The number of thioether (sulfide) groups is 1. The van der Waals surface area contributed by atoms with Crippen LogP contribution in [-0.4, -0.2) is 16.7 Å². The molecule has 1 nitrogen and oxygen atoms in total. The van der Waals surface area contributed by atoms with Crippen molar-refractivity contribution in [2.24, 2.45) is 0 Å².